The van der Waals surface area contributed by atoms with Crippen LogP contribution in [-0.4, -0.2) is 26.7 Å². The first-order chi connectivity index (χ1) is 15.5. The van der Waals surface area contributed by atoms with Gasteiger partial charge < -0.3 is 18.6 Å². The van der Waals surface area contributed by atoms with Crippen LogP contribution in [0.5, 0.6) is 17.2 Å². The van der Waals surface area contributed by atoms with Gasteiger partial charge in [-0.2, -0.15) is 8.42 Å². The molecule has 0 fully saturated rings. The molecule has 0 aromatic heterocycles. The molecule has 0 saturated heterocycles. The van der Waals surface area contributed by atoms with Gasteiger partial charge in [0.15, 0.2) is 17.2 Å². The van der Waals surface area contributed by atoms with E-state index in [1.165, 1.54) is 0 Å². The van der Waals surface area contributed by atoms with E-state index in [1.807, 2.05) is 24.4 Å². The fourth-order valence-electron chi connectivity index (χ4n) is 4.28. The maximum absolute atomic E-state index is 13.0. The third-order valence-corrected chi connectivity index (χ3v) is 7.27. The van der Waals surface area contributed by atoms with Crippen LogP contribution in [-0.2, 0) is 10.1 Å². The predicted octanol–water partition coefficient (Wildman–Crippen LogP) is 0.928. The summed E-state index contributed by atoms with van der Waals surface area (Å²) in [5.74, 6) is 1.79. The van der Waals surface area contributed by atoms with Crippen LogP contribution in [0.3, 0.4) is 0 Å². The molecule has 6 nitrogen and oxygen atoms in total. The second-order valence-electron chi connectivity index (χ2n) is 7.87. The minimum Gasteiger partial charge on any atom is -0.454 e. The van der Waals surface area contributed by atoms with Crippen molar-refractivity contribution in [3.63, 3.8) is 0 Å². The lowest BCUT2D eigenvalue weighted by Crippen LogP contribution is -2.43. The molecule has 0 unspecified atom stereocenters. The van der Waals surface area contributed by atoms with E-state index in [2.05, 4.69) is 17.1 Å². The fourth-order valence-corrected chi connectivity index (χ4v) is 5.46. The summed E-state index contributed by atoms with van der Waals surface area (Å²) in [6.45, 7) is 2.63. The van der Waals surface area contributed by atoms with Gasteiger partial charge in [0.05, 0.1) is 0 Å². The Morgan fingerprint density at radius 2 is 1.78 bits per heavy atom. The maximum Gasteiger partial charge on any atom is 0.339 e. The predicted molar refractivity (Wildman–Crippen MR) is 120 cm³/mol. The zero-order valence-corrected chi connectivity index (χ0v) is 18.1. The third kappa shape index (κ3) is 2.97. The first-order valence-corrected chi connectivity index (χ1v) is 11.6. The highest BCUT2D eigenvalue weighted by molar-refractivity contribution is 7.87. The molecule has 6 rings (SSSR count). The Bertz CT molecular complexity index is 1640. The number of ether oxygens (including phenoxy) is 2. The summed E-state index contributed by atoms with van der Waals surface area (Å²) in [5, 5.41) is 3.75. The van der Waals surface area contributed by atoms with Crippen molar-refractivity contribution in [2.24, 2.45) is 0 Å². The van der Waals surface area contributed by atoms with Crippen LogP contribution in [0.4, 0.5) is 0 Å². The molecule has 0 radical (unpaired) electrons. The molecule has 7 heteroatoms. The Labute approximate surface area is 184 Å². The van der Waals surface area contributed by atoms with Gasteiger partial charge in [-0.05, 0) is 53.3 Å². The van der Waals surface area contributed by atoms with Gasteiger partial charge in [0.25, 0.3) is 0 Å². The van der Waals surface area contributed by atoms with Crippen molar-refractivity contribution in [1.29, 1.82) is 0 Å². The first kappa shape index (κ1) is 19.0. The highest BCUT2D eigenvalue weighted by atomic mass is 32.2. The largest absolute Gasteiger partial charge is 0.454 e. The van der Waals surface area contributed by atoms with Crippen LogP contribution in [0.15, 0.2) is 59.5 Å². The van der Waals surface area contributed by atoms with Gasteiger partial charge >= 0.3 is 10.1 Å². The Morgan fingerprint density at radius 3 is 2.62 bits per heavy atom. The van der Waals surface area contributed by atoms with Crippen LogP contribution in [0.25, 0.3) is 24.0 Å². The van der Waals surface area contributed by atoms with Gasteiger partial charge in [0.2, 0.25) is 6.79 Å². The average molecular weight is 445 g/mol. The van der Waals surface area contributed by atoms with Crippen LogP contribution in [0, 0.1) is 6.92 Å². The van der Waals surface area contributed by atoms with Crippen molar-refractivity contribution < 1.29 is 22.1 Å². The molecule has 3 aromatic rings. The van der Waals surface area contributed by atoms with Gasteiger partial charge in [-0.25, -0.2) is 0 Å². The van der Waals surface area contributed by atoms with Gasteiger partial charge in [0.1, 0.15) is 4.90 Å². The van der Waals surface area contributed by atoms with E-state index in [-0.39, 0.29) is 11.7 Å². The highest BCUT2D eigenvalue weighted by Crippen LogP contribution is 2.29. The Balaban J connectivity index is 1.50. The minimum atomic E-state index is -3.96. The zero-order chi connectivity index (χ0) is 21.9. The lowest BCUT2D eigenvalue weighted by Gasteiger charge is -2.26. The SMILES string of the molecule is Cc1ccccc1S(=O)(=O)Oc1cccc2c1=CN1CC=c3cc4c(cc3=C1C=2)OCO4. The molecule has 0 spiro atoms. The van der Waals surface area contributed by atoms with Crippen LogP contribution in [0.1, 0.15) is 5.56 Å². The number of hydrogen-bond donors (Lipinski definition) is 0. The third-order valence-electron chi connectivity index (χ3n) is 5.88. The number of fused-ring (bicyclic) bond motifs is 4. The van der Waals surface area contributed by atoms with Crippen molar-refractivity contribution in [3.05, 3.63) is 81.0 Å². The molecule has 0 atom stereocenters. The Hall–Kier alpha value is -3.71. The molecule has 3 aliphatic rings. The molecule has 3 aliphatic heterocycles. The van der Waals surface area contributed by atoms with E-state index in [1.54, 1.807) is 43.3 Å². The average Bonchev–Trinajstić information content (AvgIpc) is 3.24. The number of aryl methyl sites for hydroxylation is 1. The number of rotatable bonds is 3. The van der Waals surface area contributed by atoms with Crippen LogP contribution >= 0.6 is 0 Å². The van der Waals surface area contributed by atoms with Crippen molar-refractivity contribution in [2.45, 2.75) is 11.8 Å². The van der Waals surface area contributed by atoms with E-state index in [9.17, 15) is 8.42 Å². The standard InChI is InChI=1S/C25H19NO5S/c1-16-5-2-3-8-25(16)32(27,28)31-22-7-4-6-17-11-21-19-13-24-23(29-15-30-24)12-18(19)9-10-26(21)14-20(17)22/h2-9,11-14H,10,15H2,1H3. The first-order valence-electron chi connectivity index (χ1n) is 10.2. The van der Waals surface area contributed by atoms with E-state index < -0.39 is 10.1 Å². The summed E-state index contributed by atoms with van der Waals surface area (Å²) < 4.78 is 42.6. The molecule has 3 heterocycles. The van der Waals surface area contributed by atoms with E-state index in [0.29, 0.717) is 17.9 Å². The van der Waals surface area contributed by atoms with Crippen molar-refractivity contribution in [1.82, 2.24) is 4.90 Å². The molecule has 0 amide bonds. The Morgan fingerprint density at radius 1 is 0.969 bits per heavy atom. The van der Waals surface area contributed by atoms with Gasteiger partial charge in [-0.3, -0.25) is 0 Å². The van der Waals surface area contributed by atoms with Crippen molar-refractivity contribution >= 4 is 34.2 Å². The molecule has 0 bridgehead atoms. The summed E-state index contributed by atoms with van der Waals surface area (Å²) in [4.78, 5) is 2.25. The maximum atomic E-state index is 13.0. The van der Waals surface area contributed by atoms with Gasteiger partial charge in [-0.1, -0.05) is 36.4 Å². The summed E-state index contributed by atoms with van der Waals surface area (Å²) in [6, 6.07) is 16.2. The summed E-state index contributed by atoms with van der Waals surface area (Å²) >= 11 is 0. The van der Waals surface area contributed by atoms with E-state index in [0.717, 1.165) is 38.1 Å². The van der Waals surface area contributed by atoms with Crippen molar-refractivity contribution in [3.8, 4) is 17.2 Å². The summed E-state index contributed by atoms with van der Waals surface area (Å²) in [7, 11) is -3.96. The van der Waals surface area contributed by atoms with Gasteiger partial charge in [-0.15, -0.1) is 0 Å². The topological polar surface area (TPSA) is 65.1 Å². The smallest absolute Gasteiger partial charge is 0.339 e. The molecule has 0 aliphatic carbocycles. The van der Waals surface area contributed by atoms with Crippen LogP contribution in [0.2, 0.25) is 0 Å². The van der Waals surface area contributed by atoms with E-state index in [4.69, 9.17) is 13.7 Å². The second kappa shape index (κ2) is 6.90. The second-order valence-corrected chi connectivity index (χ2v) is 9.38. The summed E-state index contributed by atoms with van der Waals surface area (Å²) in [6.07, 6.45) is 6.11. The van der Waals surface area contributed by atoms with Crippen LogP contribution < -0.4 is 34.5 Å². The number of hydrogen-bond acceptors (Lipinski definition) is 6. The van der Waals surface area contributed by atoms with Crippen molar-refractivity contribution in [2.75, 3.05) is 13.3 Å². The molecule has 32 heavy (non-hydrogen) atoms. The molecule has 0 N–H and O–H groups in total. The van der Waals surface area contributed by atoms with Gasteiger partial charge in [0, 0.05) is 28.9 Å². The number of benzene rings is 3. The quantitative estimate of drug-likeness (QED) is 0.559. The summed E-state index contributed by atoms with van der Waals surface area (Å²) in [5.41, 5.74) is 1.66. The molecular weight excluding hydrogens is 426 g/mol. The zero-order valence-electron chi connectivity index (χ0n) is 17.2. The lowest BCUT2D eigenvalue weighted by molar-refractivity contribution is 0.174. The highest BCUT2D eigenvalue weighted by Gasteiger charge is 2.22. The fraction of sp³-hybridized carbons (Fsp3) is 0.120. The molecule has 160 valence electrons. The monoisotopic (exact) mass is 445 g/mol. The normalized spacial score (nSPS) is 15.5. The Kier molecular flexibility index (Phi) is 4.10. The lowest BCUT2D eigenvalue weighted by atomic mass is 10.0. The molecule has 0 saturated carbocycles. The molecule has 3 aromatic carbocycles. The molecular formula is C25H19NO5S. The number of nitrogens with zero attached hydrogens (tertiary/aromatic N) is 1. The van der Waals surface area contributed by atoms with E-state index >= 15 is 0 Å². The minimum absolute atomic E-state index is 0.168.